The smallest absolute Gasteiger partial charge is 0.389 e. The number of aromatic nitrogens is 4. The number of carbonyl (C=O) groups is 2. The lowest BCUT2D eigenvalue weighted by Crippen LogP contribution is -2.53. The van der Waals surface area contributed by atoms with Crippen molar-refractivity contribution in [3.63, 3.8) is 0 Å². The third kappa shape index (κ3) is 6.87. The van der Waals surface area contributed by atoms with Crippen molar-refractivity contribution in [3.8, 4) is 11.4 Å². The Hall–Kier alpha value is -4.66. The predicted molar refractivity (Wildman–Crippen MR) is 173 cm³/mol. The molecule has 0 bridgehead atoms. The minimum Gasteiger partial charge on any atom is -0.389 e. The first-order valence-electron chi connectivity index (χ1n) is 17.1. The van der Waals surface area contributed by atoms with E-state index in [1.165, 1.54) is 14.3 Å². The van der Waals surface area contributed by atoms with Crippen LogP contribution in [0.25, 0.3) is 11.4 Å². The standard InChI is InChI=1S/C18H18F3N3O2.C18H18F3N3O/c19-18(20,21)16-14-3-1-2-4-15(14)24(22-16)12-7-5-11(6-8-12)17(26)23-9-13(25)10-23;19-18(20,21)16-14-4-1-2-5-15(14)24(22-16)13-8-6-12(7-9-13)17(25)23-10-3-11-23/h5-8,13,25H,1-4,9-10H2;6-9H,1-5,10-11H2. The van der Waals surface area contributed by atoms with E-state index in [-0.39, 0.29) is 11.8 Å². The highest BCUT2D eigenvalue weighted by molar-refractivity contribution is 5.95. The number of alkyl halides is 6. The zero-order chi connectivity index (χ0) is 36.1. The van der Waals surface area contributed by atoms with Gasteiger partial charge in [-0.1, -0.05) is 0 Å². The molecule has 2 amide bonds. The van der Waals surface area contributed by atoms with Gasteiger partial charge < -0.3 is 14.9 Å². The minimum absolute atomic E-state index is 0.0312. The fraction of sp³-hybridized carbons (Fsp3) is 0.444. The number of benzene rings is 2. The Morgan fingerprint density at radius 2 is 0.980 bits per heavy atom. The molecule has 2 aromatic carbocycles. The summed E-state index contributed by atoms with van der Waals surface area (Å²) in [5.41, 5.74) is 2.35. The summed E-state index contributed by atoms with van der Waals surface area (Å²) >= 11 is 0. The van der Waals surface area contributed by atoms with Gasteiger partial charge in [-0.3, -0.25) is 9.59 Å². The Labute approximate surface area is 289 Å². The van der Waals surface area contributed by atoms with E-state index in [2.05, 4.69) is 10.2 Å². The van der Waals surface area contributed by atoms with Gasteiger partial charge in [-0.05, 0) is 106 Å². The molecule has 8 rings (SSSR count). The number of likely N-dealkylation sites (tertiary alicyclic amines) is 2. The average Bonchev–Trinajstić information content (AvgIpc) is 3.67. The van der Waals surface area contributed by atoms with Gasteiger partial charge in [0.25, 0.3) is 11.8 Å². The van der Waals surface area contributed by atoms with Crippen molar-refractivity contribution in [2.24, 2.45) is 0 Å². The Balaban J connectivity index is 0.000000159. The number of amides is 2. The van der Waals surface area contributed by atoms with E-state index in [0.29, 0.717) is 83.8 Å². The van der Waals surface area contributed by atoms with E-state index in [1.54, 1.807) is 53.4 Å². The predicted octanol–water partition coefficient (Wildman–Crippen LogP) is 6.20. The van der Waals surface area contributed by atoms with E-state index in [1.807, 2.05) is 0 Å². The van der Waals surface area contributed by atoms with E-state index in [0.717, 1.165) is 45.2 Å². The van der Waals surface area contributed by atoms with Crippen LogP contribution in [0.5, 0.6) is 0 Å². The number of aliphatic hydroxyl groups excluding tert-OH is 1. The molecule has 1 N–H and O–H groups in total. The minimum atomic E-state index is -4.47. The highest BCUT2D eigenvalue weighted by Gasteiger charge is 2.41. The van der Waals surface area contributed by atoms with Gasteiger partial charge in [0.1, 0.15) is 0 Å². The number of hydrogen-bond donors (Lipinski definition) is 1. The maximum absolute atomic E-state index is 13.3. The Kier molecular flexibility index (Phi) is 9.19. The fourth-order valence-electron chi connectivity index (χ4n) is 7.08. The van der Waals surface area contributed by atoms with E-state index in [4.69, 9.17) is 0 Å². The van der Waals surface area contributed by atoms with Crippen molar-refractivity contribution < 1.29 is 41.0 Å². The molecular formula is C36H36F6N6O3. The van der Waals surface area contributed by atoms with Crippen molar-refractivity contribution in [3.05, 3.63) is 93.6 Å². The molecule has 2 aromatic heterocycles. The normalized spacial score (nSPS) is 17.5. The second-order valence-electron chi connectivity index (χ2n) is 13.4. The van der Waals surface area contributed by atoms with Crippen LogP contribution >= 0.6 is 0 Å². The Morgan fingerprint density at radius 3 is 1.33 bits per heavy atom. The van der Waals surface area contributed by atoms with Crippen LogP contribution in [0.1, 0.15) is 86.7 Å². The summed E-state index contributed by atoms with van der Waals surface area (Å²) in [6.07, 6.45) is -3.24. The van der Waals surface area contributed by atoms with Gasteiger partial charge in [0.15, 0.2) is 11.4 Å². The van der Waals surface area contributed by atoms with Crippen molar-refractivity contribution in [2.45, 2.75) is 76.2 Å². The van der Waals surface area contributed by atoms with Gasteiger partial charge in [-0.25, -0.2) is 9.36 Å². The summed E-state index contributed by atoms with van der Waals surface area (Å²) in [5.74, 6) is -0.225. The van der Waals surface area contributed by atoms with Gasteiger partial charge in [-0.2, -0.15) is 36.5 Å². The number of hydrogen-bond acceptors (Lipinski definition) is 5. The van der Waals surface area contributed by atoms with Crippen LogP contribution in [0.15, 0.2) is 48.5 Å². The van der Waals surface area contributed by atoms with Crippen LogP contribution in [0.2, 0.25) is 0 Å². The van der Waals surface area contributed by atoms with E-state index >= 15 is 0 Å². The number of nitrogens with zero attached hydrogens (tertiary/aromatic N) is 6. The van der Waals surface area contributed by atoms with Crippen LogP contribution < -0.4 is 0 Å². The largest absolute Gasteiger partial charge is 0.435 e. The van der Waals surface area contributed by atoms with E-state index in [9.17, 15) is 41.0 Å². The lowest BCUT2D eigenvalue weighted by Gasteiger charge is -2.35. The second-order valence-corrected chi connectivity index (χ2v) is 13.4. The molecule has 0 spiro atoms. The molecule has 15 heteroatoms. The lowest BCUT2D eigenvalue weighted by atomic mass is 9.95. The number of β-amino-alcohol motifs (C(OH)–C–C–N with tert-alkyl or cyclic N) is 1. The molecule has 2 saturated heterocycles. The fourth-order valence-corrected chi connectivity index (χ4v) is 7.08. The third-order valence-corrected chi connectivity index (χ3v) is 9.91. The highest BCUT2D eigenvalue weighted by Crippen LogP contribution is 2.38. The molecular weight excluding hydrogens is 678 g/mol. The van der Waals surface area contributed by atoms with Gasteiger partial charge in [0.05, 0.1) is 17.5 Å². The van der Waals surface area contributed by atoms with Crippen molar-refractivity contribution in [1.29, 1.82) is 0 Å². The molecule has 51 heavy (non-hydrogen) atoms. The number of carbonyl (C=O) groups excluding carboxylic acids is 2. The van der Waals surface area contributed by atoms with Crippen molar-refractivity contribution >= 4 is 11.8 Å². The van der Waals surface area contributed by atoms with Gasteiger partial charge >= 0.3 is 12.4 Å². The molecule has 0 unspecified atom stereocenters. The van der Waals surface area contributed by atoms with Gasteiger partial charge in [0, 0.05) is 59.8 Å². The first-order valence-corrected chi connectivity index (χ1v) is 17.1. The Morgan fingerprint density at radius 1 is 0.588 bits per heavy atom. The maximum atomic E-state index is 13.3. The van der Waals surface area contributed by atoms with Gasteiger partial charge in [0.2, 0.25) is 0 Å². The molecule has 270 valence electrons. The molecule has 2 fully saturated rings. The molecule has 4 heterocycles. The zero-order valence-electron chi connectivity index (χ0n) is 27.6. The first kappa shape index (κ1) is 34.8. The number of fused-ring (bicyclic) bond motifs is 2. The maximum Gasteiger partial charge on any atom is 0.435 e. The summed E-state index contributed by atoms with van der Waals surface area (Å²) in [4.78, 5) is 27.7. The molecule has 0 saturated carbocycles. The van der Waals surface area contributed by atoms with Crippen LogP contribution in [-0.4, -0.2) is 78.6 Å². The van der Waals surface area contributed by atoms with Crippen molar-refractivity contribution in [2.75, 3.05) is 26.2 Å². The summed E-state index contributed by atoms with van der Waals surface area (Å²) in [7, 11) is 0. The molecule has 4 aromatic rings. The van der Waals surface area contributed by atoms with Crippen LogP contribution in [0, 0.1) is 0 Å². The van der Waals surface area contributed by atoms with Gasteiger partial charge in [-0.15, -0.1) is 0 Å². The van der Waals surface area contributed by atoms with Crippen LogP contribution in [-0.2, 0) is 38.0 Å². The summed E-state index contributed by atoms with van der Waals surface area (Å²) in [6.45, 7) is 2.15. The summed E-state index contributed by atoms with van der Waals surface area (Å²) in [5, 5.41) is 17.0. The molecule has 0 radical (unpaired) electrons. The number of halogens is 6. The first-order chi connectivity index (χ1) is 24.3. The second kappa shape index (κ2) is 13.5. The highest BCUT2D eigenvalue weighted by atomic mass is 19.4. The topological polar surface area (TPSA) is 96.5 Å². The van der Waals surface area contributed by atoms with E-state index < -0.39 is 29.8 Å². The molecule has 2 aliphatic carbocycles. The zero-order valence-corrected chi connectivity index (χ0v) is 27.6. The molecule has 9 nitrogen and oxygen atoms in total. The average molecular weight is 715 g/mol. The lowest BCUT2D eigenvalue weighted by molar-refractivity contribution is -0.142. The molecule has 4 aliphatic rings. The summed E-state index contributed by atoms with van der Waals surface area (Å²) < 4.78 is 82.5. The van der Waals surface area contributed by atoms with Crippen LogP contribution in [0.3, 0.4) is 0 Å². The Bertz CT molecular complexity index is 1920. The van der Waals surface area contributed by atoms with Crippen molar-refractivity contribution in [1.82, 2.24) is 29.4 Å². The number of rotatable bonds is 4. The SMILES string of the molecule is O=C(c1ccc(-n2nc(C(F)(F)F)c3c2CCCC3)cc1)N1CC(O)C1.O=C(c1ccc(-n2nc(C(F)(F)F)c3c2CCCC3)cc1)N1CCC1. The third-order valence-electron chi connectivity index (χ3n) is 9.91. The number of aliphatic hydroxyl groups is 1. The summed E-state index contributed by atoms with van der Waals surface area (Å²) in [6, 6.07) is 13.1. The molecule has 2 aliphatic heterocycles. The quantitative estimate of drug-likeness (QED) is 0.254. The monoisotopic (exact) mass is 714 g/mol. The van der Waals surface area contributed by atoms with Crippen LogP contribution in [0.4, 0.5) is 26.3 Å². The molecule has 0 atom stereocenters.